The van der Waals surface area contributed by atoms with E-state index in [0.717, 1.165) is 22.9 Å². The number of aromatic amines is 1. The van der Waals surface area contributed by atoms with Crippen molar-refractivity contribution in [1.82, 2.24) is 9.88 Å². The molecule has 1 aromatic carbocycles. The standard InChI is InChI=1S/C16H18N2O3/c1-9-5-6-12-11(10(9)2)8-13(17-12)15(19)18-7-3-4-14(18)16(20)21/h5-6,8,14,17H,3-4,7H2,1-2H3,(H,20,21)/t14-/m1/s1. The van der Waals surface area contributed by atoms with Crippen LogP contribution >= 0.6 is 0 Å². The number of aliphatic carboxylic acids is 1. The van der Waals surface area contributed by atoms with Crippen LogP contribution in [0.2, 0.25) is 0 Å². The Kier molecular flexibility index (Phi) is 3.20. The molecule has 1 aliphatic heterocycles. The summed E-state index contributed by atoms with van der Waals surface area (Å²) in [4.78, 5) is 28.3. The Hall–Kier alpha value is -2.30. The minimum absolute atomic E-state index is 0.229. The van der Waals surface area contributed by atoms with Crippen LogP contribution in [0.25, 0.3) is 10.9 Å². The number of carbonyl (C=O) groups excluding carboxylic acids is 1. The highest BCUT2D eigenvalue weighted by molar-refractivity contribution is 6.00. The summed E-state index contributed by atoms with van der Waals surface area (Å²) in [6.07, 6.45) is 1.26. The van der Waals surface area contributed by atoms with Gasteiger partial charge < -0.3 is 15.0 Å². The Labute approximate surface area is 122 Å². The van der Waals surface area contributed by atoms with Crippen LogP contribution in [-0.4, -0.2) is 39.5 Å². The van der Waals surface area contributed by atoms with Crippen molar-refractivity contribution in [3.8, 4) is 0 Å². The van der Waals surface area contributed by atoms with Gasteiger partial charge in [-0.05, 0) is 49.9 Å². The van der Waals surface area contributed by atoms with Crippen molar-refractivity contribution in [1.29, 1.82) is 0 Å². The zero-order valence-electron chi connectivity index (χ0n) is 12.1. The fraction of sp³-hybridized carbons (Fsp3) is 0.375. The van der Waals surface area contributed by atoms with Crippen molar-refractivity contribution in [2.45, 2.75) is 32.7 Å². The average molecular weight is 286 g/mol. The molecule has 1 aromatic heterocycles. The van der Waals surface area contributed by atoms with Crippen molar-refractivity contribution >= 4 is 22.8 Å². The Balaban J connectivity index is 1.98. The van der Waals surface area contributed by atoms with Gasteiger partial charge in [0.25, 0.3) is 5.91 Å². The topological polar surface area (TPSA) is 73.4 Å². The van der Waals surface area contributed by atoms with Gasteiger partial charge in [-0.3, -0.25) is 4.79 Å². The molecule has 1 aliphatic rings. The molecular weight excluding hydrogens is 268 g/mol. The first-order valence-electron chi connectivity index (χ1n) is 7.11. The maximum atomic E-state index is 12.6. The second-order valence-corrected chi connectivity index (χ2v) is 5.65. The summed E-state index contributed by atoms with van der Waals surface area (Å²) in [5.41, 5.74) is 3.68. The van der Waals surface area contributed by atoms with Crippen LogP contribution in [-0.2, 0) is 4.79 Å². The number of aromatic nitrogens is 1. The van der Waals surface area contributed by atoms with Gasteiger partial charge >= 0.3 is 5.97 Å². The van der Waals surface area contributed by atoms with Crippen LogP contribution < -0.4 is 0 Å². The lowest BCUT2D eigenvalue weighted by atomic mass is 10.1. The lowest BCUT2D eigenvalue weighted by Crippen LogP contribution is -2.40. The Morgan fingerprint density at radius 1 is 1.33 bits per heavy atom. The summed E-state index contributed by atoms with van der Waals surface area (Å²) in [7, 11) is 0. The molecule has 0 spiro atoms. The second kappa shape index (κ2) is 4.91. The van der Waals surface area contributed by atoms with E-state index >= 15 is 0 Å². The van der Waals surface area contributed by atoms with Crippen molar-refractivity contribution in [2.24, 2.45) is 0 Å². The number of nitrogens with zero attached hydrogens (tertiary/aromatic N) is 1. The van der Waals surface area contributed by atoms with Gasteiger partial charge in [0.2, 0.25) is 0 Å². The summed E-state index contributed by atoms with van der Waals surface area (Å²) in [5.74, 6) is -1.16. The molecule has 2 aromatic rings. The predicted molar refractivity (Wildman–Crippen MR) is 79.5 cm³/mol. The van der Waals surface area contributed by atoms with E-state index < -0.39 is 12.0 Å². The van der Waals surface area contributed by atoms with Gasteiger partial charge in [-0.15, -0.1) is 0 Å². The largest absolute Gasteiger partial charge is 0.480 e. The number of H-pyrrole nitrogens is 1. The molecule has 1 amide bonds. The van der Waals surface area contributed by atoms with E-state index in [1.165, 1.54) is 10.5 Å². The Morgan fingerprint density at radius 3 is 2.81 bits per heavy atom. The fourth-order valence-corrected chi connectivity index (χ4v) is 2.99. The maximum absolute atomic E-state index is 12.6. The van der Waals surface area contributed by atoms with Crippen molar-refractivity contribution < 1.29 is 14.7 Å². The normalized spacial score (nSPS) is 18.4. The zero-order valence-corrected chi connectivity index (χ0v) is 12.1. The van der Waals surface area contributed by atoms with E-state index in [0.29, 0.717) is 18.7 Å². The minimum atomic E-state index is -0.927. The molecule has 2 heterocycles. The van der Waals surface area contributed by atoms with Gasteiger partial charge in [-0.1, -0.05) is 6.07 Å². The summed E-state index contributed by atoms with van der Waals surface area (Å²) >= 11 is 0. The highest BCUT2D eigenvalue weighted by Crippen LogP contribution is 2.25. The number of carboxylic acids is 1. The first-order chi connectivity index (χ1) is 9.99. The smallest absolute Gasteiger partial charge is 0.326 e. The molecule has 0 unspecified atom stereocenters. The van der Waals surface area contributed by atoms with E-state index in [1.807, 2.05) is 32.0 Å². The van der Waals surface area contributed by atoms with Gasteiger partial charge in [0.1, 0.15) is 11.7 Å². The first kappa shape index (κ1) is 13.7. The lowest BCUT2D eigenvalue weighted by molar-refractivity contribution is -0.141. The number of carboxylic acid groups (broad SMARTS) is 1. The van der Waals surface area contributed by atoms with E-state index in [9.17, 15) is 14.7 Å². The lowest BCUT2D eigenvalue weighted by Gasteiger charge is -2.20. The number of amides is 1. The number of likely N-dealkylation sites (tertiary alicyclic amines) is 1. The first-order valence-corrected chi connectivity index (χ1v) is 7.11. The van der Waals surface area contributed by atoms with Gasteiger partial charge in [0.15, 0.2) is 0 Å². The van der Waals surface area contributed by atoms with Crippen molar-refractivity contribution in [3.05, 3.63) is 35.0 Å². The zero-order chi connectivity index (χ0) is 15.1. The second-order valence-electron chi connectivity index (χ2n) is 5.65. The SMILES string of the molecule is Cc1ccc2[nH]c(C(=O)N3CCC[C@@H]3C(=O)O)cc2c1C. The fourth-order valence-electron chi connectivity index (χ4n) is 2.99. The van der Waals surface area contributed by atoms with Gasteiger partial charge in [-0.2, -0.15) is 0 Å². The average Bonchev–Trinajstić information content (AvgIpc) is 3.08. The maximum Gasteiger partial charge on any atom is 0.326 e. The third kappa shape index (κ3) is 2.18. The van der Waals surface area contributed by atoms with E-state index in [-0.39, 0.29) is 5.91 Å². The highest BCUT2D eigenvalue weighted by Gasteiger charge is 2.34. The molecule has 0 aliphatic carbocycles. The number of carbonyl (C=O) groups is 2. The Morgan fingerprint density at radius 2 is 2.10 bits per heavy atom. The van der Waals surface area contributed by atoms with Gasteiger partial charge in [0.05, 0.1) is 0 Å². The number of nitrogens with one attached hydrogen (secondary N) is 1. The van der Waals surface area contributed by atoms with Crippen LogP contribution in [0.4, 0.5) is 0 Å². The summed E-state index contributed by atoms with van der Waals surface area (Å²) < 4.78 is 0. The van der Waals surface area contributed by atoms with Crippen LogP contribution in [0.3, 0.4) is 0 Å². The number of hydrogen-bond donors (Lipinski definition) is 2. The van der Waals surface area contributed by atoms with E-state index in [2.05, 4.69) is 4.98 Å². The summed E-state index contributed by atoms with van der Waals surface area (Å²) in [5, 5.41) is 10.2. The van der Waals surface area contributed by atoms with Crippen LogP contribution in [0.5, 0.6) is 0 Å². The predicted octanol–water partition coefficient (Wildman–Crippen LogP) is 2.47. The summed E-state index contributed by atoms with van der Waals surface area (Å²) in [6, 6.07) is 5.09. The molecule has 3 rings (SSSR count). The molecule has 2 N–H and O–H groups in total. The van der Waals surface area contributed by atoms with E-state index in [4.69, 9.17) is 0 Å². The van der Waals surface area contributed by atoms with Crippen LogP contribution in [0.15, 0.2) is 18.2 Å². The van der Waals surface area contributed by atoms with Crippen molar-refractivity contribution in [2.75, 3.05) is 6.54 Å². The molecule has 1 saturated heterocycles. The molecule has 21 heavy (non-hydrogen) atoms. The summed E-state index contributed by atoms with van der Waals surface area (Å²) in [6.45, 7) is 4.56. The third-order valence-corrected chi connectivity index (χ3v) is 4.37. The number of benzene rings is 1. The quantitative estimate of drug-likeness (QED) is 0.890. The van der Waals surface area contributed by atoms with Crippen molar-refractivity contribution in [3.63, 3.8) is 0 Å². The van der Waals surface area contributed by atoms with E-state index in [1.54, 1.807) is 0 Å². The molecular formula is C16H18N2O3. The van der Waals surface area contributed by atoms with Gasteiger partial charge in [0, 0.05) is 17.4 Å². The van der Waals surface area contributed by atoms with Gasteiger partial charge in [-0.25, -0.2) is 4.79 Å². The minimum Gasteiger partial charge on any atom is -0.480 e. The molecule has 0 saturated carbocycles. The van der Waals surface area contributed by atoms with Crippen LogP contribution in [0, 0.1) is 13.8 Å². The molecule has 110 valence electrons. The molecule has 1 fully saturated rings. The Bertz CT molecular complexity index is 732. The monoisotopic (exact) mass is 286 g/mol. The third-order valence-electron chi connectivity index (χ3n) is 4.37. The number of rotatable bonds is 2. The molecule has 0 radical (unpaired) electrons. The highest BCUT2D eigenvalue weighted by atomic mass is 16.4. The number of aryl methyl sites for hydroxylation is 2. The molecule has 1 atom stereocenters. The molecule has 0 bridgehead atoms. The number of fused-ring (bicyclic) bond motifs is 1. The van der Waals surface area contributed by atoms with Crippen LogP contribution in [0.1, 0.15) is 34.5 Å². The molecule has 5 heteroatoms. The molecule has 5 nitrogen and oxygen atoms in total. The number of hydrogen-bond acceptors (Lipinski definition) is 2.